The highest BCUT2D eigenvalue weighted by molar-refractivity contribution is 7.14. The topological polar surface area (TPSA) is 503 Å². The first-order chi connectivity index (χ1) is 51.4. The van der Waals surface area contributed by atoms with E-state index < -0.39 is 170 Å². The molecule has 6 amide bonds. The molecule has 15 atom stereocenters. The first-order valence-corrected chi connectivity index (χ1v) is 37.4. The van der Waals surface area contributed by atoms with E-state index >= 15 is 19.2 Å². The van der Waals surface area contributed by atoms with Crippen molar-refractivity contribution >= 4 is 121 Å². The van der Waals surface area contributed by atoms with Gasteiger partial charge in [0, 0.05) is 49.8 Å². The molecule has 2 fully saturated rings. The number of hydrogen-bond acceptors (Lipinski definition) is 34. The summed E-state index contributed by atoms with van der Waals surface area (Å²) in [5, 5.41) is 88.6. The number of fused-ring (bicyclic) bond motifs is 15. The van der Waals surface area contributed by atoms with Crippen LogP contribution in [0.4, 0.5) is 0 Å². The fourth-order valence-electron chi connectivity index (χ4n) is 13.0. The highest BCUT2D eigenvalue weighted by Gasteiger charge is 2.51. The van der Waals surface area contributed by atoms with Crippen molar-refractivity contribution in [3.63, 3.8) is 0 Å². The molecule has 12 heterocycles. The summed E-state index contributed by atoms with van der Waals surface area (Å²) in [6.45, 7) is 8.95. The van der Waals surface area contributed by atoms with Gasteiger partial charge in [-0.2, -0.15) is 4.73 Å². The molecule has 12 bridgehead atoms. The summed E-state index contributed by atoms with van der Waals surface area (Å²) in [6.07, 6.45) is -16.0. The van der Waals surface area contributed by atoms with Gasteiger partial charge in [0.25, 0.3) is 29.5 Å². The molecule has 2 saturated heterocycles. The summed E-state index contributed by atoms with van der Waals surface area (Å²) in [4.78, 5) is 146. The van der Waals surface area contributed by atoms with E-state index in [1.54, 1.807) is 45.0 Å². The summed E-state index contributed by atoms with van der Waals surface area (Å²) in [7, 11) is 4.80. The van der Waals surface area contributed by atoms with Crippen LogP contribution in [0.15, 0.2) is 69.2 Å². The Kier molecular flexibility index (Phi) is 21.8. The number of nitrogens with two attached hydrogens (primary N) is 1. The number of amides is 6. The second-order valence-electron chi connectivity index (χ2n) is 26.1. The number of primary amides is 1. The molecule has 7 aromatic heterocycles. The predicted molar refractivity (Wildman–Crippen MR) is 381 cm³/mol. The number of hydrogen-bond donors (Lipinski definition) is 12. The number of methoxy groups -OCH3 is 1. The number of thiazole rings is 5. The predicted octanol–water partition coefficient (Wildman–Crippen LogP) is 2.39. The molecule has 0 aliphatic carbocycles. The summed E-state index contributed by atoms with van der Waals surface area (Å²) < 4.78 is 50.6. The molecular weight excluding hydrogens is 1510 g/mol. The average Bonchev–Trinajstić information content (AvgIpc) is 1.54. The number of carbonyl (C=O) groups excluding carboxylic acids is 8. The largest absolute Gasteiger partial charge is 0.499 e. The number of allylic oxidation sites excluding steroid dienone is 1. The molecular formula is C67H70N14O22S5. The van der Waals surface area contributed by atoms with Gasteiger partial charge in [-0.3, -0.25) is 28.8 Å². The van der Waals surface area contributed by atoms with Crippen LogP contribution in [0.5, 0.6) is 5.75 Å². The third-order valence-corrected chi connectivity index (χ3v) is 22.8. The fourth-order valence-corrected chi connectivity index (χ4v) is 17.2. The molecule has 0 radical (unpaired) electrons. The number of aliphatic hydroxyl groups excluding tert-OH is 4. The van der Waals surface area contributed by atoms with Crippen LogP contribution < -0.4 is 37.1 Å². The molecule has 108 heavy (non-hydrogen) atoms. The van der Waals surface area contributed by atoms with Gasteiger partial charge in [0.05, 0.1) is 54.9 Å². The molecule has 36 nitrogen and oxygen atoms in total. The molecule has 8 aromatic rings. The van der Waals surface area contributed by atoms with Gasteiger partial charge in [-0.05, 0) is 66.4 Å². The third kappa shape index (κ3) is 15.0. The minimum absolute atomic E-state index is 0.00497. The lowest BCUT2D eigenvalue weighted by Crippen LogP contribution is -2.62. The van der Waals surface area contributed by atoms with Crippen molar-refractivity contribution in [2.24, 2.45) is 5.73 Å². The Balaban J connectivity index is 1.01. The standard InChI is InChI=1S/C67H70N14O22S5/c1-23(53(68)86)69-54(87)33-20-107-62(74-33)44-38(102-66-49(85)48(84)47(83)26(4)101-66)13-29-43(76-44)32-18-105-60(71-32)31-17-99-64(92)46-30-16-97-50(51(103-39-14-67(6,94)52(80(7)8)27(5)100-39)65(93)98-15-28-11-10-12-37(40(28)30)81(46)95)45(63-75-34(21-108-63)55(88)70-31)79-57(90)36-22-106-61(73-36)42(25(3)96-9)78-58(91)41(24(2)82)77-56(89)35-19-104-59(29)72-35/h10-13,18-22,24,26-27,31,39,41,45,47-52,66,82-85,94-95H,1,14-17H2,2-9H3,(H2,68,86)(H,69,87)(H,70,88)(H,77,89)(H,78,91)(H,79,90)/b42-25+/t24?,26?,27-,31?,39?,41?,45?,47?,48?,49?,50?,51?,52+,66?,67-/m0/s1. The first kappa shape index (κ1) is 76.5. The number of aromatic nitrogens is 7. The smallest absolute Gasteiger partial charge is 0.358 e. The maximum Gasteiger partial charge on any atom is 0.358 e. The lowest BCUT2D eigenvalue weighted by atomic mass is 9.85. The number of aliphatic hydroxyl groups is 5. The Morgan fingerprint density at radius 1 is 0.806 bits per heavy atom. The van der Waals surface area contributed by atoms with Gasteiger partial charge in [0.1, 0.15) is 132 Å². The van der Waals surface area contributed by atoms with Crippen molar-refractivity contribution in [1.29, 1.82) is 0 Å². The van der Waals surface area contributed by atoms with Crippen molar-refractivity contribution in [2.75, 3.05) is 27.8 Å². The van der Waals surface area contributed by atoms with E-state index in [0.717, 1.165) is 56.7 Å². The molecule has 12 unspecified atom stereocenters. The van der Waals surface area contributed by atoms with Gasteiger partial charge in [-0.1, -0.05) is 18.7 Å². The van der Waals surface area contributed by atoms with Crippen LogP contribution in [0, 0.1) is 0 Å². The van der Waals surface area contributed by atoms with Gasteiger partial charge in [0.2, 0.25) is 12.2 Å². The summed E-state index contributed by atoms with van der Waals surface area (Å²) in [5.74, 6) is -8.43. The van der Waals surface area contributed by atoms with Crippen LogP contribution in [0.1, 0.15) is 132 Å². The van der Waals surface area contributed by atoms with E-state index in [2.05, 4.69) is 48.1 Å². The number of ether oxygens (including phenoxy) is 8. The highest BCUT2D eigenvalue weighted by atomic mass is 32.1. The minimum Gasteiger partial charge on any atom is -0.499 e. The maximum absolute atomic E-state index is 15.3. The summed E-state index contributed by atoms with van der Waals surface area (Å²) in [5.41, 5.74) is 1.42. The number of esters is 2. The van der Waals surface area contributed by atoms with E-state index in [-0.39, 0.29) is 116 Å². The van der Waals surface area contributed by atoms with E-state index in [0.29, 0.717) is 4.73 Å². The second kappa shape index (κ2) is 30.8. The van der Waals surface area contributed by atoms with Gasteiger partial charge in [-0.25, -0.2) is 39.5 Å². The van der Waals surface area contributed by atoms with Crippen molar-refractivity contribution in [2.45, 2.75) is 145 Å². The fraction of sp³-hybridized carbons (Fsp3) is 0.403. The molecule has 13 N–H and O–H groups in total. The number of likely N-dealkylation sites (N-methyl/N-ethyl adjacent to an activating group) is 1. The van der Waals surface area contributed by atoms with Crippen LogP contribution in [0.2, 0.25) is 0 Å². The third-order valence-electron chi connectivity index (χ3n) is 18.4. The number of nitrogens with one attached hydrogen (secondary N) is 5. The molecule has 0 saturated carbocycles. The Hall–Kier alpha value is -9.70. The van der Waals surface area contributed by atoms with Crippen LogP contribution >= 0.6 is 56.7 Å². The SMILES string of the molecule is C=C(NC(=O)c1csc(-c2nc3c(cc2OC2OC(C)C(O)C(O)C2O)-c2nc(cs2)C(=O)NC(C(C)O)C(=O)N/C(=C(\C)OC)c2nc(cs2)C(=O)NC2c4nc(cs4)C(=O)NC(COC(=O)c4c5c6c(cccc6n4O)COC(=O)C(OC4C[C@](C)(O)[C@H](N(C)C)[C@H](C)O4)C2OC5)c2nc-3cs2)n1)C(N)=O. The summed E-state index contributed by atoms with van der Waals surface area (Å²) >= 11 is 4.27. The first-order valence-electron chi connectivity index (χ1n) is 33.0. The van der Waals surface area contributed by atoms with Gasteiger partial charge >= 0.3 is 11.9 Å². The molecule has 1 aromatic carbocycles. The van der Waals surface area contributed by atoms with Crippen LogP contribution in [0.25, 0.3) is 49.3 Å². The Morgan fingerprint density at radius 2 is 1.47 bits per heavy atom. The van der Waals surface area contributed by atoms with Gasteiger partial charge in [0.15, 0.2) is 23.8 Å². The highest BCUT2D eigenvalue weighted by Crippen LogP contribution is 2.44. The van der Waals surface area contributed by atoms with Crippen molar-refractivity contribution in [3.05, 3.63) is 124 Å². The Morgan fingerprint density at radius 3 is 2.19 bits per heavy atom. The van der Waals surface area contributed by atoms with Gasteiger partial charge in [-0.15, -0.1) is 56.7 Å². The zero-order valence-electron chi connectivity index (χ0n) is 58.2. The molecule has 13 rings (SSSR count). The molecule has 0 spiro atoms. The molecule has 41 heteroatoms. The minimum atomic E-state index is -1.95. The van der Waals surface area contributed by atoms with Crippen molar-refractivity contribution in [3.8, 4) is 38.4 Å². The summed E-state index contributed by atoms with van der Waals surface area (Å²) in [6, 6.07) is 0.468. The lowest BCUT2D eigenvalue weighted by Gasteiger charge is -2.48. The normalized spacial score (nSPS) is 27.2. The number of rotatable bonds is 11. The zero-order chi connectivity index (χ0) is 77.2. The number of benzene rings is 1. The van der Waals surface area contributed by atoms with Crippen molar-refractivity contribution < 1.29 is 107 Å². The van der Waals surface area contributed by atoms with E-state index in [1.165, 1.54) is 66.9 Å². The molecule has 5 aliphatic rings. The van der Waals surface area contributed by atoms with Crippen LogP contribution in [-0.2, 0) is 60.8 Å². The van der Waals surface area contributed by atoms with E-state index in [1.807, 2.05) is 0 Å². The monoisotopic (exact) mass is 1580 g/mol. The number of cyclic esters (lactones) is 2. The van der Waals surface area contributed by atoms with Crippen molar-refractivity contribution in [1.82, 2.24) is 66.1 Å². The van der Waals surface area contributed by atoms with Crippen LogP contribution in [0.3, 0.4) is 0 Å². The number of carbonyl (C=O) groups is 8. The van der Waals surface area contributed by atoms with E-state index in [4.69, 9.17) is 58.6 Å². The number of nitrogens with zero attached hydrogens (tertiary/aromatic N) is 8. The van der Waals surface area contributed by atoms with E-state index in [9.17, 15) is 49.9 Å². The second-order valence-corrected chi connectivity index (χ2v) is 30.5. The van der Waals surface area contributed by atoms with Crippen LogP contribution in [-0.4, -0.2) is 225 Å². The zero-order valence-corrected chi connectivity index (χ0v) is 62.3. The average molecular weight is 1580 g/mol. The quantitative estimate of drug-likeness (QED) is 0.0383. The lowest BCUT2D eigenvalue weighted by molar-refractivity contribution is -0.280. The molecule has 5 aliphatic heterocycles. The Bertz CT molecular complexity index is 4950. The molecule has 570 valence electrons. The Labute approximate surface area is 631 Å². The number of pyridine rings is 1. The van der Waals surface area contributed by atoms with Gasteiger partial charge < -0.3 is 106 Å². The maximum atomic E-state index is 15.3.